The zero-order valence-corrected chi connectivity index (χ0v) is 14.0. The first-order chi connectivity index (χ1) is 11.1. The van der Waals surface area contributed by atoms with E-state index in [9.17, 15) is 22.4 Å². The fraction of sp³-hybridized carbons (Fsp3) is 0.467. The Kier molecular flexibility index (Phi) is 5.12. The predicted octanol–water partition coefficient (Wildman–Crippen LogP) is 0.619. The molecular weight excluding hydrogens is 337 g/mol. The molecule has 1 heterocycles. The standard InChI is InChI=1S/C15H20FN3O4S/c1-15(6-7-24(22,23)9-15)19-13(20)8-12(18-14(17)21)10-4-2-3-5-11(10)16/h2-5,12H,6-9H2,1H3,(H,19,20)(H3,17,18,21)/t12-,15+/m0/s1. The summed E-state index contributed by atoms with van der Waals surface area (Å²) in [6.07, 6.45) is 0.0637. The largest absolute Gasteiger partial charge is 0.352 e. The lowest BCUT2D eigenvalue weighted by atomic mass is 9.99. The highest BCUT2D eigenvalue weighted by Crippen LogP contribution is 2.25. The van der Waals surface area contributed by atoms with Crippen LogP contribution in [0.5, 0.6) is 0 Å². The van der Waals surface area contributed by atoms with Crippen molar-refractivity contribution in [2.75, 3.05) is 11.5 Å². The van der Waals surface area contributed by atoms with Gasteiger partial charge >= 0.3 is 6.03 Å². The molecule has 0 radical (unpaired) electrons. The van der Waals surface area contributed by atoms with Crippen molar-refractivity contribution in [3.63, 3.8) is 0 Å². The van der Waals surface area contributed by atoms with E-state index in [0.717, 1.165) is 0 Å². The van der Waals surface area contributed by atoms with Crippen molar-refractivity contribution in [1.29, 1.82) is 0 Å². The number of nitrogens with one attached hydrogen (secondary N) is 2. The van der Waals surface area contributed by atoms with E-state index in [0.29, 0.717) is 6.42 Å². The number of rotatable bonds is 5. The Labute approximate surface area is 139 Å². The van der Waals surface area contributed by atoms with Gasteiger partial charge < -0.3 is 16.4 Å². The maximum Gasteiger partial charge on any atom is 0.312 e. The number of sulfone groups is 1. The molecule has 1 aromatic rings. The lowest BCUT2D eigenvalue weighted by Crippen LogP contribution is -2.48. The van der Waals surface area contributed by atoms with E-state index in [1.54, 1.807) is 13.0 Å². The minimum Gasteiger partial charge on any atom is -0.352 e. The Morgan fingerprint density at radius 1 is 1.38 bits per heavy atom. The van der Waals surface area contributed by atoms with Crippen LogP contribution in [0, 0.1) is 5.82 Å². The van der Waals surface area contributed by atoms with Crippen LogP contribution in [0.2, 0.25) is 0 Å². The second-order valence-electron chi connectivity index (χ2n) is 6.24. The number of amides is 3. The number of benzene rings is 1. The third-order valence-corrected chi connectivity index (χ3v) is 5.83. The second kappa shape index (κ2) is 6.76. The molecule has 3 amide bonds. The average molecular weight is 357 g/mol. The summed E-state index contributed by atoms with van der Waals surface area (Å²) in [5, 5.41) is 5.01. The summed E-state index contributed by atoms with van der Waals surface area (Å²) in [5.41, 5.74) is 4.37. The Morgan fingerprint density at radius 3 is 2.58 bits per heavy atom. The Bertz CT molecular complexity index is 753. The zero-order chi connectivity index (χ0) is 18.0. The summed E-state index contributed by atoms with van der Waals surface area (Å²) in [7, 11) is -3.17. The van der Waals surface area contributed by atoms with Gasteiger partial charge in [-0.1, -0.05) is 18.2 Å². The zero-order valence-electron chi connectivity index (χ0n) is 13.2. The summed E-state index contributed by atoms with van der Waals surface area (Å²) in [6, 6.07) is 3.91. The van der Waals surface area contributed by atoms with Crippen LogP contribution in [-0.2, 0) is 14.6 Å². The molecule has 1 aliphatic heterocycles. The van der Waals surface area contributed by atoms with E-state index in [1.165, 1.54) is 18.2 Å². The van der Waals surface area contributed by atoms with Gasteiger partial charge in [0.2, 0.25) is 5.91 Å². The summed E-state index contributed by atoms with van der Waals surface area (Å²) in [4.78, 5) is 23.4. The van der Waals surface area contributed by atoms with Crippen molar-refractivity contribution < 1.29 is 22.4 Å². The fourth-order valence-corrected chi connectivity index (χ4v) is 4.94. The van der Waals surface area contributed by atoms with Gasteiger partial charge in [0.1, 0.15) is 5.82 Å². The topological polar surface area (TPSA) is 118 Å². The number of hydrogen-bond donors (Lipinski definition) is 3. The second-order valence-corrected chi connectivity index (χ2v) is 8.42. The normalized spacial score (nSPS) is 23.4. The Morgan fingerprint density at radius 2 is 2.04 bits per heavy atom. The number of nitrogens with two attached hydrogens (primary N) is 1. The quantitative estimate of drug-likeness (QED) is 0.716. The molecule has 132 valence electrons. The van der Waals surface area contributed by atoms with E-state index in [-0.39, 0.29) is 23.5 Å². The van der Waals surface area contributed by atoms with Gasteiger partial charge in [-0.05, 0) is 19.4 Å². The van der Waals surface area contributed by atoms with Crippen LogP contribution in [0.15, 0.2) is 24.3 Å². The van der Waals surface area contributed by atoms with Gasteiger partial charge in [0, 0.05) is 5.56 Å². The maximum absolute atomic E-state index is 13.9. The molecule has 1 saturated heterocycles. The maximum atomic E-state index is 13.9. The smallest absolute Gasteiger partial charge is 0.312 e. The van der Waals surface area contributed by atoms with Gasteiger partial charge in [-0.25, -0.2) is 17.6 Å². The van der Waals surface area contributed by atoms with Gasteiger partial charge in [0.15, 0.2) is 9.84 Å². The van der Waals surface area contributed by atoms with Crippen LogP contribution in [0.4, 0.5) is 9.18 Å². The van der Waals surface area contributed by atoms with Gasteiger partial charge in [-0.15, -0.1) is 0 Å². The minimum atomic E-state index is -3.17. The highest BCUT2D eigenvalue weighted by Gasteiger charge is 2.39. The third-order valence-electron chi connectivity index (χ3n) is 3.93. The highest BCUT2D eigenvalue weighted by molar-refractivity contribution is 7.91. The molecule has 0 bridgehead atoms. The predicted molar refractivity (Wildman–Crippen MR) is 86.3 cm³/mol. The fourth-order valence-electron chi connectivity index (χ4n) is 2.85. The van der Waals surface area contributed by atoms with Gasteiger partial charge in [0.05, 0.1) is 29.5 Å². The van der Waals surface area contributed by atoms with Gasteiger partial charge in [-0.2, -0.15) is 0 Å². The molecule has 0 aromatic heterocycles. The number of halogens is 1. The van der Waals surface area contributed by atoms with Crippen LogP contribution in [0.3, 0.4) is 0 Å². The SMILES string of the molecule is C[C@@]1(NC(=O)C[C@H](NC(N)=O)c2ccccc2F)CCS(=O)(=O)C1. The Hall–Kier alpha value is -2.16. The first-order valence-electron chi connectivity index (χ1n) is 7.42. The molecule has 1 aliphatic rings. The number of carbonyl (C=O) groups excluding carboxylic acids is 2. The van der Waals surface area contributed by atoms with E-state index < -0.39 is 39.2 Å². The molecule has 24 heavy (non-hydrogen) atoms. The first kappa shape index (κ1) is 18.2. The molecule has 7 nitrogen and oxygen atoms in total. The van der Waals surface area contributed by atoms with E-state index >= 15 is 0 Å². The number of carbonyl (C=O) groups is 2. The average Bonchev–Trinajstić information content (AvgIpc) is 2.71. The summed E-state index contributed by atoms with van der Waals surface area (Å²) in [6.45, 7) is 1.65. The van der Waals surface area contributed by atoms with E-state index in [4.69, 9.17) is 5.73 Å². The molecule has 2 rings (SSSR count). The molecule has 1 aromatic carbocycles. The van der Waals surface area contributed by atoms with Crippen molar-refractivity contribution in [1.82, 2.24) is 10.6 Å². The molecule has 9 heteroatoms. The van der Waals surface area contributed by atoms with Crippen molar-refractivity contribution in [3.8, 4) is 0 Å². The molecule has 1 fully saturated rings. The van der Waals surface area contributed by atoms with Crippen LogP contribution in [-0.4, -0.2) is 37.4 Å². The molecule has 0 saturated carbocycles. The van der Waals surface area contributed by atoms with Crippen LogP contribution < -0.4 is 16.4 Å². The number of primary amides is 1. The lowest BCUT2D eigenvalue weighted by Gasteiger charge is -2.26. The van der Waals surface area contributed by atoms with Crippen LogP contribution in [0.1, 0.15) is 31.4 Å². The lowest BCUT2D eigenvalue weighted by molar-refractivity contribution is -0.123. The van der Waals surface area contributed by atoms with Crippen LogP contribution >= 0.6 is 0 Å². The van der Waals surface area contributed by atoms with Gasteiger partial charge in [-0.3, -0.25) is 4.79 Å². The van der Waals surface area contributed by atoms with Crippen molar-refractivity contribution in [3.05, 3.63) is 35.6 Å². The summed E-state index contributed by atoms with van der Waals surface area (Å²) < 4.78 is 37.1. The summed E-state index contributed by atoms with van der Waals surface area (Å²) >= 11 is 0. The monoisotopic (exact) mass is 357 g/mol. The molecule has 0 spiro atoms. The molecule has 0 aliphatic carbocycles. The number of urea groups is 1. The first-order valence-corrected chi connectivity index (χ1v) is 9.24. The molecule has 4 N–H and O–H groups in total. The number of hydrogen-bond acceptors (Lipinski definition) is 4. The summed E-state index contributed by atoms with van der Waals surface area (Å²) in [5.74, 6) is -1.19. The van der Waals surface area contributed by atoms with Crippen molar-refractivity contribution in [2.45, 2.75) is 31.3 Å². The molecule has 0 unspecified atom stereocenters. The van der Waals surface area contributed by atoms with Crippen LogP contribution in [0.25, 0.3) is 0 Å². The molecular formula is C15H20FN3O4S. The third kappa shape index (κ3) is 4.67. The highest BCUT2D eigenvalue weighted by atomic mass is 32.2. The van der Waals surface area contributed by atoms with Crippen molar-refractivity contribution >= 4 is 21.8 Å². The minimum absolute atomic E-state index is 0.0139. The van der Waals surface area contributed by atoms with E-state index in [1.807, 2.05) is 0 Å². The Balaban J connectivity index is 2.11. The molecule has 2 atom stereocenters. The van der Waals surface area contributed by atoms with Crippen molar-refractivity contribution in [2.24, 2.45) is 5.73 Å². The van der Waals surface area contributed by atoms with Gasteiger partial charge in [0.25, 0.3) is 0 Å². The van der Waals surface area contributed by atoms with E-state index in [2.05, 4.69) is 10.6 Å².